The zero-order valence-electron chi connectivity index (χ0n) is 19.3. The van der Waals surface area contributed by atoms with Crippen LogP contribution in [0.3, 0.4) is 0 Å². The Bertz CT molecular complexity index is 1000. The molecule has 2 amide bonds. The lowest BCUT2D eigenvalue weighted by Crippen LogP contribution is -2.38. The van der Waals surface area contributed by atoms with Gasteiger partial charge in [0, 0.05) is 29.2 Å². The number of nitrogens with one attached hydrogen (secondary N) is 1. The summed E-state index contributed by atoms with van der Waals surface area (Å²) >= 11 is 1.26. The summed E-state index contributed by atoms with van der Waals surface area (Å²) in [5.74, 6) is -0.985. The zero-order valence-corrected chi connectivity index (χ0v) is 20.1. The van der Waals surface area contributed by atoms with E-state index in [1.807, 2.05) is 34.6 Å². The number of carbonyl (C=O) groups is 3. The van der Waals surface area contributed by atoms with Crippen molar-refractivity contribution >= 4 is 34.8 Å². The summed E-state index contributed by atoms with van der Waals surface area (Å²) in [5, 5.41) is 4.58. The van der Waals surface area contributed by atoms with Crippen molar-refractivity contribution < 1.29 is 19.1 Å². The van der Waals surface area contributed by atoms with Crippen molar-refractivity contribution in [1.29, 1.82) is 0 Å². The highest BCUT2D eigenvalue weighted by Gasteiger charge is 2.21. The van der Waals surface area contributed by atoms with Crippen molar-refractivity contribution in [2.75, 3.05) is 5.32 Å². The molecule has 2 rings (SSSR count). The number of esters is 1. The van der Waals surface area contributed by atoms with Gasteiger partial charge in [0.2, 0.25) is 5.91 Å². The van der Waals surface area contributed by atoms with E-state index in [9.17, 15) is 14.4 Å². The SMILES string of the molecule is CC[C@H](C)[C@H](N)C(=O)OCn1ccsc1=NC(=O)c1ccc(NC(=O)CC(C)(C)C)cc1. The maximum Gasteiger partial charge on any atom is 0.324 e. The van der Waals surface area contributed by atoms with Crippen LogP contribution >= 0.6 is 11.3 Å². The smallest absolute Gasteiger partial charge is 0.324 e. The number of hydrogen-bond donors (Lipinski definition) is 2. The molecule has 0 bridgehead atoms. The molecule has 1 aromatic carbocycles. The molecule has 0 radical (unpaired) electrons. The van der Waals surface area contributed by atoms with Gasteiger partial charge in [-0.25, -0.2) is 0 Å². The second-order valence-electron chi connectivity index (χ2n) is 8.94. The van der Waals surface area contributed by atoms with Crippen LogP contribution in [0.5, 0.6) is 0 Å². The number of thiazole rings is 1. The molecule has 8 nitrogen and oxygen atoms in total. The lowest BCUT2D eigenvalue weighted by molar-refractivity contribution is -0.150. The van der Waals surface area contributed by atoms with E-state index in [2.05, 4.69) is 10.3 Å². The minimum atomic E-state index is -0.691. The largest absolute Gasteiger partial charge is 0.443 e. The Balaban J connectivity index is 2.03. The van der Waals surface area contributed by atoms with E-state index in [-0.39, 0.29) is 24.0 Å². The van der Waals surface area contributed by atoms with E-state index in [4.69, 9.17) is 10.5 Å². The number of aromatic nitrogens is 1. The van der Waals surface area contributed by atoms with Gasteiger partial charge in [-0.2, -0.15) is 4.99 Å². The van der Waals surface area contributed by atoms with Gasteiger partial charge in [0.15, 0.2) is 11.5 Å². The summed E-state index contributed by atoms with van der Waals surface area (Å²) in [6.45, 7) is 9.76. The molecule has 0 spiro atoms. The van der Waals surface area contributed by atoms with Crippen LogP contribution in [0.15, 0.2) is 40.8 Å². The molecule has 0 fully saturated rings. The number of anilines is 1. The Morgan fingerprint density at radius 3 is 2.47 bits per heavy atom. The number of carbonyl (C=O) groups excluding carboxylic acids is 3. The molecule has 0 aliphatic carbocycles. The number of benzene rings is 1. The van der Waals surface area contributed by atoms with Gasteiger partial charge >= 0.3 is 5.97 Å². The fraction of sp³-hybridized carbons (Fsp3) is 0.478. The number of rotatable bonds is 8. The predicted molar refractivity (Wildman–Crippen MR) is 125 cm³/mol. The first-order chi connectivity index (χ1) is 15.0. The molecule has 3 N–H and O–H groups in total. The monoisotopic (exact) mass is 460 g/mol. The summed E-state index contributed by atoms with van der Waals surface area (Å²) in [5.41, 5.74) is 6.79. The van der Waals surface area contributed by atoms with Crippen molar-refractivity contribution in [2.45, 2.75) is 60.2 Å². The average Bonchev–Trinajstić information content (AvgIpc) is 3.16. The third-order valence-electron chi connectivity index (χ3n) is 4.84. The Morgan fingerprint density at radius 2 is 1.88 bits per heavy atom. The molecule has 2 atom stereocenters. The molecule has 0 aliphatic rings. The summed E-state index contributed by atoms with van der Waals surface area (Å²) < 4.78 is 6.85. The van der Waals surface area contributed by atoms with Crippen molar-refractivity contribution in [3.63, 3.8) is 0 Å². The topological polar surface area (TPSA) is 116 Å². The van der Waals surface area contributed by atoms with E-state index in [0.717, 1.165) is 6.42 Å². The lowest BCUT2D eigenvalue weighted by atomic mass is 9.92. The maximum absolute atomic E-state index is 12.6. The first kappa shape index (κ1) is 25.5. The zero-order chi connectivity index (χ0) is 23.9. The summed E-state index contributed by atoms with van der Waals surface area (Å²) in [4.78, 5) is 41.3. The highest BCUT2D eigenvalue weighted by molar-refractivity contribution is 7.07. The standard InChI is InChI=1S/C23H32N4O4S/c1-6-15(2)19(24)21(30)31-14-27-11-12-32-22(27)26-20(29)16-7-9-17(10-8-16)25-18(28)13-23(3,4)5/h7-12,15,19H,6,13-14,24H2,1-5H3,(H,25,28)/t15-,19-/m0/s1. The maximum atomic E-state index is 12.6. The van der Waals surface area contributed by atoms with E-state index >= 15 is 0 Å². The molecule has 0 saturated carbocycles. The van der Waals surface area contributed by atoms with Gasteiger partial charge in [0.05, 0.1) is 0 Å². The molecule has 2 aromatic rings. The third-order valence-corrected chi connectivity index (χ3v) is 5.63. The fourth-order valence-electron chi connectivity index (χ4n) is 2.74. The summed E-state index contributed by atoms with van der Waals surface area (Å²) in [6.07, 6.45) is 2.86. The minimum Gasteiger partial charge on any atom is -0.443 e. The van der Waals surface area contributed by atoms with Crippen LogP contribution in [0.25, 0.3) is 0 Å². The first-order valence-electron chi connectivity index (χ1n) is 10.6. The highest BCUT2D eigenvalue weighted by Crippen LogP contribution is 2.20. The Labute approximate surface area is 192 Å². The molecule has 32 heavy (non-hydrogen) atoms. The molecule has 0 aliphatic heterocycles. The van der Waals surface area contributed by atoms with E-state index < -0.39 is 17.9 Å². The number of hydrogen-bond acceptors (Lipinski definition) is 6. The predicted octanol–water partition coefficient (Wildman–Crippen LogP) is 3.54. The lowest BCUT2D eigenvalue weighted by Gasteiger charge is -2.17. The van der Waals surface area contributed by atoms with Crippen molar-refractivity contribution in [2.24, 2.45) is 22.1 Å². The second-order valence-corrected chi connectivity index (χ2v) is 9.81. The van der Waals surface area contributed by atoms with E-state index in [1.165, 1.54) is 11.3 Å². The molecule has 174 valence electrons. The van der Waals surface area contributed by atoms with Gasteiger partial charge in [-0.1, -0.05) is 41.0 Å². The average molecular weight is 461 g/mol. The van der Waals surface area contributed by atoms with Crippen molar-refractivity contribution in [3.8, 4) is 0 Å². The number of amides is 2. The van der Waals surface area contributed by atoms with Crippen LogP contribution in [0.2, 0.25) is 0 Å². The Kier molecular flexibility index (Phi) is 8.91. The Hall–Kier alpha value is -2.78. The summed E-state index contributed by atoms with van der Waals surface area (Å²) in [7, 11) is 0. The van der Waals surface area contributed by atoms with Gasteiger partial charge in [0.25, 0.3) is 5.91 Å². The van der Waals surface area contributed by atoms with Crippen molar-refractivity contribution in [1.82, 2.24) is 4.57 Å². The molecular formula is C23H32N4O4S. The van der Waals surface area contributed by atoms with Gasteiger partial charge in [0.1, 0.15) is 6.04 Å². The van der Waals surface area contributed by atoms with Gasteiger partial charge in [-0.3, -0.25) is 19.0 Å². The molecule has 0 saturated heterocycles. The van der Waals surface area contributed by atoms with Gasteiger partial charge in [-0.05, 0) is 35.6 Å². The normalized spacial score (nSPS) is 14.0. The quantitative estimate of drug-likeness (QED) is 0.585. The molecule has 1 aromatic heterocycles. The summed E-state index contributed by atoms with van der Waals surface area (Å²) in [6, 6.07) is 5.88. The van der Waals surface area contributed by atoms with Crippen LogP contribution in [0.4, 0.5) is 5.69 Å². The third kappa shape index (κ3) is 7.72. The minimum absolute atomic E-state index is 0.0157. The molecular weight excluding hydrogens is 428 g/mol. The number of nitrogens with zero attached hydrogens (tertiary/aromatic N) is 2. The van der Waals surface area contributed by atoms with Crippen LogP contribution in [-0.4, -0.2) is 28.4 Å². The van der Waals surface area contributed by atoms with Crippen LogP contribution < -0.4 is 15.9 Å². The van der Waals surface area contributed by atoms with Crippen LogP contribution in [0.1, 0.15) is 57.8 Å². The molecule has 1 heterocycles. The highest BCUT2D eigenvalue weighted by atomic mass is 32.1. The fourth-order valence-corrected chi connectivity index (χ4v) is 3.45. The van der Waals surface area contributed by atoms with E-state index in [0.29, 0.717) is 22.5 Å². The van der Waals surface area contributed by atoms with Crippen LogP contribution in [-0.2, 0) is 21.1 Å². The van der Waals surface area contributed by atoms with Gasteiger partial charge in [-0.15, -0.1) is 11.3 Å². The molecule has 9 heteroatoms. The number of nitrogens with two attached hydrogens (primary N) is 1. The van der Waals surface area contributed by atoms with E-state index in [1.54, 1.807) is 40.4 Å². The van der Waals surface area contributed by atoms with Crippen LogP contribution in [0, 0.1) is 11.3 Å². The van der Waals surface area contributed by atoms with Gasteiger partial charge < -0.3 is 15.8 Å². The first-order valence-corrected chi connectivity index (χ1v) is 11.4. The Morgan fingerprint density at radius 1 is 1.22 bits per heavy atom. The second kappa shape index (κ2) is 11.2. The number of ether oxygens (including phenoxy) is 1. The molecule has 0 unspecified atom stereocenters. The van der Waals surface area contributed by atoms with Crippen molar-refractivity contribution in [3.05, 3.63) is 46.2 Å².